The van der Waals surface area contributed by atoms with Crippen LogP contribution in [0.4, 0.5) is 0 Å². The Morgan fingerprint density at radius 1 is 1.16 bits per heavy atom. The standard InChI is InChI=1S/C24H29N3O4/c1-17(28)26-12-9-21-20(15-26)16-27(23(29)22(21)24(30)31)11-8-19-7-10-25(14-19)13-18-5-3-2-4-6-18/h2-6,16,19H,7-15H2,1H3,(H,30,31). The van der Waals surface area contributed by atoms with Crippen LogP contribution in [-0.2, 0) is 30.8 Å². The number of pyridine rings is 1. The van der Waals surface area contributed by atoms with E-state index < -0.39 is 11.5 Å². The van der Waals surface area contributed by atoms with Gasteiger partial charge in [0.15, 0.2) is 0 Å². The number of rotatable bonds is 6. The van der Waals surface area contributed by atoms with Gasteiger partial charge in [-0.25, -0.2) is 4.79 Å². The molecule has 3 heterocycles. The number of hydrogen-bond donors (Lipinski definition) is 1. The Bertz CT molecular complexity index is 1030. The molecule has 1 N–H and O–H groups in total. The first-order valence-corrected chi connectivity index (χ1v) is 10.9. The SMILES string of the molecule is CC(=O)N1CCc2c(cn(CCC3CCN(Cc4ccccc4)C3)c(=O)c2C(=O)O)C1. The summed E-state index contributed by atoms with van der Waals surface area (Å²) in [6.45, 7) is 5.77. The number of carboxylic acid groups (broad SMARTS) is 1. The first-order chi connectivity index (χ1) is 14.9. The minimum absolute atomic E-state index is 0.0373. The molecule has 1 amide bonds. The van der Waals surface area contributed by atoms with Gasteiger partial charge in [0, 0.05) is 45.8 Å². The second-order valence-electron chi connectivity index (χ2n) is 8.67. The third-order valence-electron chi connectivity index (χ3n) is 6.53. The number of fused-ring (bicyclic) bond motifs is 1. The van der Waals surface area contributed by atoms with Gasteiger partial charge >= 0.3 is 5.97 Å². The van der Waals surface area contributed by atoms with Gasteiger partial charge < -0.3 is 14.6 Å². The van der Waals surface area contributed by atoms with Gasteiger partial charge in [-0.05, 0) is 48.4 Å². The van der Waals surface area contributed by atoms with E-state index in [0.29, 0.717) is 37.5 Å². The molecule has 2 aromatic rings. The lowest BCUT2D eigenvalue weighted by Gasteiger charge is -2.29. The van der Waals surface area contributed by atoms with E-state index in [9.17, 15) is 19.5 Å². The Balaban J connectivity index is 1.46. The zero-order valence-corrected chi connectivity index (χ0v) is 17.9. The minimum atomic E-state index is -1.18. The summed E-state index contributed by atoms with van der Waals surface area (Å²) in [5.74, 6) is -0.736. The molecule has 1 aromatic carbocycles. The predicted molar refractivity (Wildman–Crippen MR) is 117 cm³/mol. The number of likely N-dealkylation sites (tertiary alicyclic amines) is 1. The number of aromatic nitrogens is 1. The van der Waals surface area contributed by atoms with Crippen LogP contribution in [0.5, 0.6) is 0 Å². The summed E-state index contributed by atoms with van der Waals surface area (Å²) in [5.41, 5.74) is 2.10. The lowest BCUT2D eigenvalue weighted by Crippen LogP contribution is -2.38. The Morgan fingerprint density at radius 3 is 2.65 bits per heavy atom. The maximum absolute atomic E-state index is 12.9. The molecule has 0 spiro atoms. The van der Waals surface area contributed by atoms with Crippen molar-refractivity contribution in [2.24, 2.45) is 5.92 Å². The third kappa shape index (κ3) is 4.71. The molecule has 0 saturated carbocycles. The molecule has 2 aliphatic rings. The lowest BCUT2D eigenvalue weighted by atomic mass is 9.96. The summed E-state index contributed by atoms with van der Waals surface area (Å²) < 4.78 is 1.55. The fraction of sp³-hybridized carbons (Fsp3) is 0.458. The first-order valence-electron chi connectivity index (χ1n) is 10.9. The highest BCUT2D eigenvalue weighted by atomic mass is 16.4. The van der Waals surface area contributed by atoms with Crippen molar-refractivity contribution in [2.75, 3.05) is 19.6 Å². The zero-order chi connectivity index (χ0) is 22.0. The van der Waals surface area contributed by atoms with Crippen LogP contribution in [-0.4, -0.2) is 51.0 Å². The highest BCUT2D eigenvalue weighted by Gasteiger charge is 2.27. The van der Waals surface area contributed by atoms with Crippen molar-refractivity contribution in [1.82, 2.24) is 14.4 Å². The molecule has 0 radical (unpaired) electrons. The quantitative estimate of drug-likeness (QED) is 0.771. The average molecular weight is 424 g/mol. The summed E-state index contributed by atoms with van der Waals surface area (Å²) >= 11 is 0. The highest BCUT2D eigenvalue weighted by Crippen LogP contribution is 2.24. The van der Waals surface area contributed by atoms with Crippen LogP contribution in [0.25, 0.3) is 0 Å². The number of carboxylic acids is 1. The number of benzene rings is 1. The molecule has 1 saturated heterocycles. The van der Waals surface area contributed by atoms with E-state index in [1.54, 1.807) is 15.7 Å². The zero-order valence-electron chi connectivity index (χ0n) is 17.9. The van der Waals surface area contributed by atoms with Gasteiger partial charge in [0.05, 0.1) is 0 Å². The average Bonchev–Trinajstić information content (AvgIpc) is 3.19. The van der Waals surface area contributed by atoms with Crippen molar-refractivity contribution in [2.45, 2.75) is 45.8 Å². The monoisotopic (exact) mass is 423 g/mol. The summed E-state index contributed by atoms with van der Waals surface area (Å²) in [5, 5.41) is 9.68. The number of carbonyl (C=O) groups is 2. The van der Waals surface area contributed by atoms with Crippen LogP contribution >= 0.6 is 0 Å². The summed E-state index contributed by atoms with van der Waals surface area (Å²) in [7, 11) is 0. The van der Waals surface area contributed by atoms with Crippen molar-refractivity contribution in [1.29, 1.82) is 0 Å². The van der Waals surface area contributed by atoms with Gasteiger partial charge in [-0.2, -0.15) is 0 Å². The topological polar surface area (TPSA) is 82.9 Å². The minimum Gasteiger partial charge on any atom is -0.477 e. The molecule has 0 bridgehead atoms. The molecule has 2 aliphatic heterocycles. The van der Waals surface area contributed by atoms with Crippen LogP contribution in [0.3, 0.4) is 0 Å². The molecule has 164 valence electrons. The van der Waals surface area contributed by atoms with E-state index in [1.807, 2.05) is 6.07 Å². The second-order valence-corrected chi connectivity index (χ2v) is 8.67. The van der Waals surface area contributed by atoms with Crippen molar-refractivity contribution in [3.8, 4) is 0 Å². The molecule has 31 heavy (non-hydrogen) atoms. The van der Waals surface area contributed by atoms with Crippen LogP contribution in [0.1, 0.15) is 46.8 Å². The predicted octanol–water partition coefficient (Wildman–Crippen LogP) is 2.36. The molecule has 1 unspecified atom stereocenters. The van der Waals surface area contributed by atoms with Crippen LogP contribution in [0, 0.1) is 5.92 Å². The number of hydrogen-bond acceptors (Lipinski definition) is 4. The van der Waals surface area contributed by atoms with Crippen LogP contribution in [0.15, 0.2) is 41.3 Å². The number of aromatic carboxylic acids is 1. The number of nitrogens with zero attached hydrogens (tertiary/aromatic N) is 3. The van der Waals surface area contributed by atoms with E-state index in [4.69, 9.17) is 0 Å². The van der Waals surface area contributed by atoms with Gasteiger partial charge in [0.2, 0.25) is 5.91 Å². The van der Waals surface area contributed by atoms with Gasteiger partial charge in [-0.3, -0.25) is 14.5 Å². The Hall–Kier alpha value is -2.93. The van der Waals surface area contributed by atoms with Gasteiger partial charge in [-0.15, -0.1) is 0 Å². The lowest BCUT2D eigenvalue weighted by molar-refractivity contribution is -0.129. The van der Waals surface area contributed by atoms with E-state index >= 15 is 0 Å². The van der Waals surface area contributed by atoms with Crippen molar-refractivity contribution < 1.29 is 14.7 Å². The van der Waals surface area contributed by atoms with Crippen molar-refractivity contribution in [3.05, 3.63) is 69.1 Å². The Morgan fingerprint density at radius 2 is 1.94 bits per heavy atom. The Kier molecular flexibility index (Phi) is 6.23. The van der Waals surface area contributed by atoms with E-state index in [2.05, 4.69) is 29.2 Å². The normalized spacial score (nSPS) is 18.7. The van der Waals surface area contributed by atoms with Gasteiger partial charge in [-0.1, -0.05) is 30.3 Å². The molecule has 0 aliphatic carbocycles. The maximum Gasteiger partial charge on any atom is 0.341 e. The Labute approximate surface area is 181 Å². The van der Waals surface area contributed by atoms with Gasteiger partial charge in [0.1, 0.15) is 5.56 Å². The number of carbonyl (C=O) groups excluding carboxylic acids is 1. The summed E-state index contributed by atoms with van der Waals surface area (Å²) in [4.78, 5) is 40.6. The fourth-order valence-corrected chi connectivity index (χ4v) is 4.82. The maximum atomic E-state index is 12.9. The molecular formula is C24H29N3O4. The van der Waals surface area contributed by atoms with Crippen LogP contribution < -0.4 is 5.56 Å². The highest BCUT2D eigenvalue weighted by molar-refractivity contribution is 5.89. The molecule has 7 nitrogen and oxygen atoms in total. The molecule has 7 heteroatoms. The molecular weight excluding hydrogens is 394 g/mol. The number of aryl methyl sites for hydroxylation is 1. The summed E-state index contributed by atoms with van der Waals surface area (Å²) in [6, 6.07) is 10.4. The number of amides is 1. The van der Waals surface area contributed by atoms with Gasteiger partial charge in [0.25, 0.3) is 5.56 Å². The first kappa shape index (κ1) is 21.3. The molecule has 1 aromatic heterocycles. The molecule has 4 rings (SSSR count). The van der Waals surface area contributed by atoms with Crippen LogP contribution in [0.2, 0.25) is 0 Å². The van der Waals surface area contributed by atoms with E-state index in [0.717, 1.165) is 38.0 Å². The third-order valence-corrected chi connectivity index (χ3v) is 6.53. The molecule has 1 fully saturated rings. The second kappa shape index (κ2) is 9.06. The summed E-state index contributed by atoms with van der Waals surface area (Å²) in [6.07, 6.45) is 4.09. The van der Waals surface area contributed by atoms with E-state index in [-0.39, 0.29) is 11.5 Å². The molecule has 1 atom stereocenters. The largest absolute Gasteiger partial charge is 0.477 e. The van der Waals surface area contributed by atoms with E-state index in [1.165, 1.54) is 12.5 Å². The fourth-order valence-electron chi connectivity index (χ4n) is 4.82. The van der Waals surface area contributed by atoms with Crippen molar-refractivity contribution in [3.63, 3.8) is 0 Å². The van der Waals surface area contributed by atoms with Crippen molar-refractivity contribution >= 4 is 11.9 Å². The smallest absolute Gasteiger partial charge is 0.341 e.